The Hall–Kier alpha value is -0.430. The summed E-state index contributed by atoms with van der Waals surface area (Å²) in [5.41, 5.74) is 6.63. The van der Waals surface area contributed by atoms with E-state index in [1.807, 2.05) is 0 Å². The van der Waals surface area contributed by atoms with Crippen LogP contribution in [0.15, 0.2) is 27.6 Å². The molecule has 1 fully saturated rings. The normalized spacial score (nSPS) is 20.9. The van der Waals surface area contributed by atoms with E-state index in [9.17, 15) is 8.42 Å². The number of nitrogens with zero attached hydrogens (tertiary/aromatic N) is 1. The zero-order chi connectivity index (χ0) is 15.8. The van der Waals surface area contributed by atoms with Crippen LogP contribution in [0.25, 0.3) is 0 Å². The maximum atomic E-state index is 12.8. The number of benzene rings is 1. The Balaban J connectivity index is 2.28. The molecule has 1 heterocycles. The van der Waals surface area contributed by atoms with E-state index in [0.717, 1.165) is 12.0 Å². The van der Waals surface area contributed by atoms with Gasteiger partial charge in [-0.1, -0.05) is 26.8 Å². The maximum absolute atomic E-state index is 12.8. The summed E-state index contributed by atoms with van der Waals surface area (Å²) in [6, 6.07) is 5.20. The highest BCUT2D eigenvalue weighted by Crippen LogP contribution is 2.37. The van der Waals surface area contributed by atoms with Crippen LogP contribution in [0.2, 0.25) is 0 Å². The molecule has 118 valence electrons. The maximum Gasteiger partial charge on any atom is 0.244 e. The first-order valence-electron chi connectivity index (χ1n) is 7.15. The van der Waals surface area contributed by atoms with Crippen molar-refractivity contribution in [3.8, 4) is 0 Å². The Morgan fingerprint density at radius 1 is 1.38 bits per heavy atom. The van der Waals surface area contributed by atoms with Gasteiger partial charge in [-0.2, -0.15) is 4.31 Å². The van der Waals surface area contributed by atoms with Crippen molar-refractivity contribution in [2.45, 2.75) is 38.6 Å². The van der Waals surface area contributed by atoms with Crippen LogP contribution in [0.1, 0.15) is 32.8 Å². The zero-order valence-electron chi connectivity index (χ0n) is 12.8. The molecule has 0 spiro atoms. The molecular formula is C15H23BrN2O2S. The molecule has 4 nitrogen and oxygen atoms in total. The lowest BCUT2D eigenvalue weighted by atomic mass is 9.80. The summed E-state index contributed by atoms with van der Waals surface area (Å²) in [5.74, 6) is 0.398. The zero-order valence-corrected chi connectivity index (χ0v) is 15.2. The van der Waals surface area contributed by atoms with E-state index in [1.54, 1.807) is 22.5 Å². The minimum Gasteiger partial charge on any atom is -0.326 e. The number of nitrogens with two attached hydrogens (primary N) is 1. The molecular weight excluding hydrogens is 352 g/mol. The fourth-order valence-electron chi connectivity index (χ4n) is 2.67. The van der Waals surface area contributed by atoms with Gasteiger partial charge in [-0.25, -0.2) is 8.42 Å². The molecule has 0 aliphatic carbocycles. The predicted molar refractivity (Wildman–Crippen MR) is 88.4 cm³/mol. The molecule has 0 bridgehead atoms. The fourth-order valence-corrected chi connectivity index (χ4v) is 5.26. The van der Waals surface area contributed by atoms with Crippen LogP contribution in [-0.2, 0) is 16.6 Å². The van der Waals surface area contributed by atoms with Gasteiger partial charge >= 0.3 is 0 Å². The second-order valence-electron chi connectivity index (χ2n) is 6.68. The number of halogens is 1. The molecule has 1 unspecified atom stereocenters. The molecule has 2 N–H and O–H groups in total. The highest BCUT2D eigenvalue weighted by atomic mass is 79.9. The summed E-state index contributed by atoms with van der Waals surface area (Å²) in [6.07, 6.45) is 0.918. The SMILES string of the molecule is CC(C)(C)C1CCN(S(=O)(=O)c2ccc(CN)cc2Br)C1. The van der Waals surface area contributed by atoms with Crippen LogP contribution < -0.4 is 5.73 Å². The van der Waals surface area contributed by atoms with Crippen molar-refractivity contribution in [3.05, 3.63) is 28.2 Å². The lowest BCUT2D eigenvalue weighted by molar-refractivity contribution is 0.252. The van der Waals surface area contributed by atoms with Crippen molar-refractivity contribution in [3.63, 3.8) is 0 Å². The van der Waals surface area contributed by atoms with E-state index >= 15 is 0 Å². The molecule has 0 saturated carbocycles. The van der Waals surface area contributed by atoms with Gasteiger partial charge in [0.25, 0.3) is 0 Å². The van der Waals surface area contributed by atoms with Crippen LogP contribution in [0.3, 0.4) is 0 Å². The monoisotopic (exact) mass is 374 g/mol. The summed E-state index contributed by atoms with van der Waals surface area (Å²) >= 11 is 3.36. The smallest absolute Gasteiger partial charge is 0.244 e. The number of hydrogen-bond acceptors (Lipinski definition) is 3. The number of sulfonamides is 1. The summed E-state index contributed by atoms with van der Waals surface area (Å²) in [4.78, 5) is 0.328. The van der Waals surface area contributed by atoms with Crippen molar-refractivity contribution < 1.29 is 8.42 Å². The summed E-state index contributed by atoms with van der Waals surface area (Å²) in [6.45, 7) is 8.08. The summed E-state index contributed by atoms with van der Waals surface area (Å²) in [7, 11) is -3.44. The molecule has 0 amide bonds. The molecule has 6 heteroatoms. The van der Waals surface area contributed by atoms with Crippen molar-refractivity contribution in [1.82, 2.24) is 4.31 Å². The van der Waals surface area contributed by atoms with Gasteiger partial charge in [0.2, 0.25) is 10.0 Å². The predicted octanol–water partition coefficient (Wildman–Crippen LogP) is 2.96. The lowest BCUT2D eigenvalue weighted by Gasteiger charge is -2.27. The standard InChI is InChI=1S/C15H23BrN2O2S/c1-15(2,3)12-6-7-18(10-12)21(19,20)14-5-4-11(9-17)8-13(14)16/h4-5,8,12H,6-7,9-10,17H2,1-3H3. The number of hydrogen-bond donors (Lipinski definition) is 1. The molecule has 0 radical (unpaired) electrons. The van der Waals surface area contributed by atoms with Crippen LogP contribution in [-0.4, -0.2) is 25.8 Å². The van der Waals surface area contributed by atoms with Crippen LogP contribution in [0.5, 0.6) is 0 Å². The third-order valence-corrected chi connectivity index (χ3v) is 7.07. The molecule has 1 atom stereocenters. The Morgan fingerprint density at radius 2 is 2.05 bits per heavy atom. The Kier molecular flexibility index (Phi) is 4.83. The molecule has 1 aromatic carbocycles. The molecule has 1 saturated heterocycles. The van der Waals surface area contributed by atoms with E-state index in [2.05, 4.69) is 36.7 Å². The first-order chi connectivity index (χ1) is 9.66. The molecule has 21 heavy (non-hydrogen) atoms. The van der Waals surface area contributed by atoms with Crippen molar-refractivity contribution in [1.29, 1.82) is 0 Å². The van der Waals surface area contributed by atoms with Gasteiger partial charge in [-0.3, -0.25) is 0 Å². The van der Waals surface area contributed by atoms with E-state index in [-0.39, 0.29) is 5.41 Å². The van der Waals surface area contributed by atoms with Crippen LogP contribution in [0.4, 0.5) is 0 Å². The molecule has 2 rings (SSSR count). The Labute approximate surface area is 135 Å². The average molecular weight is 375 g/mol. The van der Waals surface area contributed by atoms with E-state index in [1.165, 1.54) is 0 Å². The van der Waals surface area contributed by atoms with E-state index in [4.69, 9.17) is 5.73 Å². The minimum absolute atomic E-state index is 0.130. The van der Waals surface area contributed by atoms with Crippen molar-refractivity contribution in [2.75, 3.05) is 13.1 Å². The largest absolute Gasteiger partial charge is 0.326 e. The third-order valence-electron chi connectivity index (χ3n) is 4.23. The fraction of sp³-hybridized carbons (Fsp3) is 0.600. The molecule has 1 aliphatic rings. The second-order valence-corrected chi connectivity index (χ2v) is 9.44. The van der Waals surface area contributed by atoms with E-state index in [0.29, 0.717) is 34.9 Å². The van der Waals surface area contributed by atoms with Gasteiger partial charge in [0.1, 0.15) is 0 Å². The molecule has 1 aliphatic heterocycles. The van der Waals surface area contributed by atoms with Gasteiger partial charge in [0, 0.05) is 24.1 Å². The molecule has 0 aromatic heterocycles. The van der Waals surface area contributed by atoms with Gasteiger partial charge in [0.15, 0.2) is 0 Å². The van der Waals surface area contributed by atoms with E-state index < -0.39 is 10.0 Å². The van der Waals surface area contributed by atoms with Crippen molar-refractivity contribution in [2.24, 2.45) is 17.1 Å². The summed E-state index contributed by atoms with van der Waals surface area (Å²) < 4.78 is 27.8. The quantitative estimate of drug-likeness (QED) is 0.884. The topological polar surface area (TPSA) is 63.4 Å². The first kappa shape index (κ1) is 16.9. The second kappa shape index (κ2) is 5.99. The van der Waals surface area contributed by atoms with Crippen LogP contribution >= 0.6 is 15.9 Å². The van der Waals surface area contributed by atoms with Gasteiger partial charge in [-0.05, 0) is 51.4 Å². The van der Waals surface area contributed by atoms with Gasteiger partial charge < -0.3 is 5.73 Å². The Bertz CT molecular complexity index is 623. The number of rotatable bonds is 3. The highest BCUT2D eigenvalue weighted by molar-refractivity contribution is 9.10. The summed E-state index contributed by atoms with van der Waals surface area (Å²) in [5, 5.41) is 0. The molecule has 1 aromatic rings. The third kappa shape index (κ3) is 3.50. The highest BCUT2D eigenvalue weighted by Gasteiger charge is 2.38. The van der Waals surface area contributed by atoms with Gasteiger partial charge in [-0.15, -0.1) is 0 Å². The van der Waals surface area contributed by atoms with Crippen LogP contribution in [0, 0.1) is 11.3 Å². The minimum atomic E-state index is -3.44. The average Bonchev–Trinajstić information content (AvgIpc) is 2.88. The first-order valence-corrected chi connectivity index (χ1v) is 9.38. The lowest BCUT2D eigenvalue weighted by Crippen LogP contribution is -2.31. The van der Waals surface area contributed by atoms with Crippen molar-refractivity contribution >= 4 is 26.0 Å². The van der Waals surface area contributed by atoms with Gasteiger partial charge in [0.05, 0.1) is 4.90 Å². The Morgan fingerprint density at radius 3 is 2.52 bits per heavy atom.